The Morgan fingerprint density at radius 1 is 1.11 bits per heavy atom. The van der Waals surface area contributed by atoms with Crippen LogP contribution >= 0.6 is 0 Å². The number of nitrogens with zero attached hydrogens (tertiary/aromatic N) is 3. The molecule has 142 valence electrons. The van der Waals surface area contributed by atoms with Gasteiger partial charge in [0.15, 0.2) is 0 Å². The van der Waals surface area contributed by atoms with Crippen molar-refractivity contribution in [3.63, 3.8) is 0 Å². The van der Waals surface area contributed by atoms with E-state index in [4.69, 9.17) is 0 Å². The van der Waals surface area contributed by atoms with Gasteiger partial charge in [-0.05, 0) is 86.6 Å². The minimum Gasteiger partial charge on any atom is -0.315 e. The highest BCUT2D eigenvalue weighted by Crippen LogP contribution is 2.35. The molecule has 0 N–H and O–H groups in total. The highest BCUT2D eigenvalue weighted by atomic mass is 19.1. The summed E-state index contributed by atoms with van der Waals surface area (Å²) >= 11 is 0. The first kappa shape index (κ1) is 18.2. The van der Waals surface area contributed by atoms with Crippen LogP contribution in [0.25, 0.3) is 16.6 Å². The molecule has 1 aliphatic heterocycles. The Bertz CT molecular complexity index is 890. The summed E-state index contributed by atoms with van der Waals surface area (Å²) in [6, 6.07) is 8.82. The van der Waals surface area contributed by atoms with Crippen molar-refractivity contribution in [2.24, 2.45) is 5.92 Å². The number of rotatable bonds is 5. The molecule has 0 spiro atoms. The van der Waals surface area contributed by atoms with Gasteiger partial charge >= 0.3 is 0 Å². The van der Waals surface area contributed by atoms with Crippen molar-refractivity contribution >= 4 is 10.9 Å². The lowest BCUT2D eigenvalue weighted by molar-refractivity contribution is 0.203. The maximum absolute atomic E-state index is 13.3. The zero-order chi connectivity index (χ0) is 18.8. The summed E-state index contributed by atoms with van der Waals surface area (Å²) in [4.78, 5) is 6.93. The van der Waals surface area contributed by atoms with Gasteiger partial charge in [-0.1, -0.05) is 13.8 Å². The van der Waals surface area contributed by atoms with Crippen LogP contribution in [-0.4, -0.2) is 34.1 Å². The van der Waals surface area contributed by atoms with E-state index in [2.05, 4.69) is 40.6 Å². The van der Waals surface area contributed by atoms with Gasteiger partial charge in [-0.15, -0.1) is 0 Å². The number of halogens is 1. The number of piperidine rings is 1. The monoisotopic (exact) mass is 365 g/mol. The van der Waals surface area contributed by atoms with Crippen molar-refractivity contribution in [1.29, 1.82) is 0 Å². The summed E-state index contributed by atoms with van der Waals surface area (Å²) in [5, 5.41) is 1.27. The summed E-state index contributed by atoms with van der Waals surface area (Å²) in [7, 11) is 0. The average molecular weight is 365 g/mol. The third kappa shape index (κ3) is 3.91. The highest BCUT2D eigenvalue weighted by Gasteiger charge is 2.24. The third-order valence-corrected chi connectivity index (χ3v) is 5.79. The first-order valence-corrected chi connectivity index (χ1v) is 10.0. The van der Waals surface area contributed by atoms with E-state index in [0.29, 0.717) is 5.92 Å². The number of likely N-dealkylation sites (tertiary alicyclic amines) is 1. The second-order valence-electron chi connectivity index (χ2n) is 8.12. The van der Waals surface area contributed by atoms with Gasteiger partial charge in [0.2, 0.25) is 0 Å². The van der Waals surface area contributed by atoms with Gasteiger partial charge in [0.1, 0.15) is 5.82 Å². The fourth-order valence-electron chi connectivity index (χ4n) is 4.15. The van der Waals surface area contributed by atoms with Crippen LogP contribution in [0.2, 0.25) is 0 Å². The van der Waals surface area contributed by atoms with Crippen LogP contribution in [0, 0.1) is 11.7 Å². The lowest BCUT2D eigenvalue weighted by Gasteiger charge is -2.32. The standard InChI is InChI=1S/C23H28FN3/c1-17(2)8-12-26-13-9-18(10-14-26)22-16-27(20-5-3-19(24)4-6-20)23-15-25-11-7-21(22)23/h3-7,11,15-18H,8-10,12-14H2,1-2H3. The summed E-state index contributed by atoms with van der Waals surface area (Å²) in [5.74, 6) is 1.14. The Hall–Kier alpha value is -2.20. The molecule has 0 aliphatic carbocycles. The average Bonchev–Trinajstić information content (AvgIpc) is 3.07. The number of hydrogen-bond acceptors (Lipinski definition) is 2. The number of fused-ring (bicyclic) bond motifs is 1. The molecule has 0 atom stereocenters. The van der Waals surface area contributed by atoms with E-state index in [1.165, 1.54) is 62.0 Å². The van der Waals surface area contributed by atoms with E-state index >= 15 is 0 Å². The van der Waals surface area contributed by atoms with E-state index in [1.54, 1.807) is 0 Å². The molecule has 3 aromatic rings. The predicted molar refractivity (Wildman–Crippen MR) is 109 cm³/mol. The molecule has 0 amide bonds. The highest BCUT2D eigenvalue weighted by molar-refractivity contribution is 5.85. The van der Waals surface area contributed by atoms with Crippen LogP contribution in [0.5, 0.6) is 0 Å². The van der Waals surface area contributed by atoms with Crippen molar-refractivity contribution in [3.8, 4) is 5.69 Å². The molecule has 4 heteroatoms. The maximum Gasteiger partial charge on any atom is 0.123 e. The molecule has 0 unspecified atom stereocenters. The maximum atomic E-state index is 13.3. The van der Waals surface area contributed by atoms with Crippen molar-refractivity contribution in [2.75, 3.05) is 19.6 Å². The van der Waals surface area contributed by atoms with E-state index in [9.17, 15) is 4.39 Å². The summed E-state index contributed by atoms with van der Waals surface area (Å²) in [5.41, 5.74) is 3.48. The summed E-state index contributed by atoms with van der Waals surface area (Å²) in [6.45, 7) is 8.15. The smallest absolute Gasteiger partial charge is 0.123 e. The molecule has 1 aliphatic rings. The molecular formula is C23H28FN3. The van der Waals surface area contributed by atoms with Gasteiger partial charge in [-0.3, -0.25) is 4.98 Å². The minimum absolute atomic E-state index is 0.206. The van der Waals surface area contributed by atoms with Gasteiger partial charge in [0.25, 0.3) is 0 Å². The number of pyridine rings is 1. The molecule has 4 rings (SSSR count). The fourth-order valence-corrected chi connectivity index (χ4v) is 4.15. The fraction of sp³-hybridized carbons (Fsp3) is 0.435. The Kier molecular flexibility index (Phi) is 5.26. The van der Waals surface area contributed by atoms with E-state index in [-0.39, 0.29) is 5.82 Å². The first-order chi connectivity index (χ1) is 13.1. The number of aromatic nitrogens is 2. The Balaban J connectivity index is 1.59. The predicted octanol–water partition coefficient (Wildman–Crippen LogP) is 5.39. The van der Waals surface area contributed by atoms with Crippen LogP contribution in [0.3, 0.4) is 0 Å². The van der Waals surface area contributed by atoms with Crippen LogP contribution in [0.1, 0.15) is 44.6 Å². The molecule has 3 heterocycles. The molecule has 3 nitrogen and oxygen atoms in total. The zero-order valence-corrected chi connectivity index (χ0v) is 16.2. The van der Waals surface area contributed by atoms with Gasteiger partial charge in [0, 0.05) is 23.5 Å². The van der Waals surface area contributed by atoms with E-state index < -0.39 is 0 Å². The molecule has 1 saturated heterocycles. The van der Waals surface area contributed by atoms with Crippen molar-refractivity contribution in [2.45, 2.75) is 39.0 Å². The third-order valence-electron chi connectivity index (χ3n) is 5.79. The summed E-state index contributed by atoms with van der Waals surface area (Å²) in [6.07, 6.45) is 9.71. The van der Waals surface area contributed by atoms with Crippen molar-refractivity contribution < 1.29 is 4.39 Å². The van der Waals surface area contributed by atoms with Crippen LogP contribution in [0.15, 0.2) is 48.9 Å². The first-order valence-electron chi connectivity index (χ1n) is 10.0. The zero-order valence-electron chi connectivity index (χ0n) is 16.2. The second-order valence-corrected chi connectivity index (χ2v) is 8.12. The topological polar surface area (TPSA) is 21.1 Å². The second kappa shape index (κ2) is 7.81. The SMILES string of the molecule is CC(C)CCN1CCC(c2cn(-c3ccc(F)cc3)c3cnccc23)CC1. The number of hydrogen-bond donors (Lipinski definition) is 0. The molecule has 1 aromatic carbocycles. The lowest BCUT2D eigenvalue weighted by atomic mass is 9.89. The van der Waals surface area contributed by atoms with Crippen LogP contribution in [-0.2, 0) is 0 Å². The van der Waals surface area contributed by atoms with Crippen LogP contribution in [0.4, 0.5) is 4.39 Å². The lowest BCUT2D eigenvalue weighted by Crippen LogP contribution is -2.34. The Labute approximate surface area is 160 Å². The van der Waals surface area contributed by atoms with Crippen molar-refractivity contribution in [3.05, 3.63) is 60.3 Å². The molecule has 27 heavy (non-hydrogen) atoms. The van der Waals surface area contributed by atoms with Gasteiger partial charge in [-0.25, -0.2) is 4.39 Å². The molecule has 2 aromatic heterocycles. The molecule has 0 bridgehead atoms. The number of benzene rings is 1. The quantitative estimate of drug-likeness (QED) is 0.604. The normalized spacial score (nSPS) is 16.4. The summed E-state index contributed by atoms with van der Waals surface area (Å²) < 4.78 is 15.5. The van der Waals surface area contributed by atoms with E-state index in [1.807, 2.05) is 24.5 Å². The van der Waals surface area contributed by atoms with E-state index in [0.717, 1.165) is 17.1 Å². The van der Waals surface area contributed by atoms with Gasteiger partial charge in [-0.2, -0.15) is 0 Å². The minimum atomic E-state index is -0.206. The molecule has 1 fully saturated rings. The molecular weight excluding hydrogens is 337 g/mol. The van der Waals surface area contributed by atoms with Gasteiger partial charge in [0.05, 0.1) is 11.7 Å². The Morgan fingerprint density at radius 3 is 2.56 bits per heavy atom. The Morgan fingerprint density at radius 2 is 1.85 bits per heavy atom. The van der Waals surface area contributed by atoms with Crippen molar-refractivity contribution in [1.82, 2.24) is 14.5 Å². The molecule has 0 radical (unpaired) electrons. The largest absolute Gasteiger partial charge is 0.315 e. The molecule has 0 saturated carbocycles. The van der Waals surface area contributed by atoms with Gasteiger partial charge < -0.3 is 9.47 Å². The van der Waals surface area contributed by atoms with Crippen LogP contribution < -0.4 is 0 Å².